The summed E-state index contributed by atoms with van der Waals surface area (Å²) >= 11 is 0. The minimum Gasteiger partial charge on any atom is -0.504 e. The Labute approximate surface area is 103 Å². The Balaban J connectivity index is 2.59. The van der Waals surface area contributed by atoms with Crippen LogP contribution in [-0.2, 0) is 4.79 Å². The highest BCUT2D eigenvalue weighted by molar-refractivity contribution is 5.95. The van der Waals surface area contributed by atoms with Crippen LogP contribution in [0.1, 0.15) is 17.3 Å². The lowest BCUT2D eigenvalue weighted by molar-refractivity contribution is -0.118. The van der Waals surface area contributed by atoms with Crippen LogP contribution in [0.2, 0.25) is 0 Å². The second kappa shape index (κ2) is 5.76. The van der Waals surface area contributed by atoms with Gasteiger partial charge in [0.2, 0.25) is 5.91 Å². The van der Waals surface area contributed by atoms with Gasteiger partial charge in [-0.3, -0.25) is 9.59 Å². The van der Waals surface area contributed by atoms with Gasteiger partial charge in [0.25, 0.3) is 5.91 Å². The maximum atomic E-state index is 11.6. The molecule has 2 amide bonds. The zero-order valence-electron chi connectivity index (χ0n) is 9.73. The molecule has 5 N–H and O–H groups in total. The molecule has 0 unspecified atom stereocenters. The number of phenolic OH excluding ortho intramolecular Hbond substituents is 3. The van der Waals surface area contributed by atoms with Gasteiger partial charge in [-0.25, -0.2) is 0 Å². The molecule has 0 aromatic heterocycles. The predicted molar refractivity (Wildman–Crippen MR) is 62.5 cm³/mol. The van der Waals surface area contributed by atoms with E-state index in [0.717, 1.165) is 12.1 Å². The number of aromatic hydroxyl groups is 3. The first-order valence-corrected chi connectivity index (χ1v) is 5.19. The van der Waals surface area contributed by atoms with Crippen molar-refractivity contribution in [3.63, 3.8) is 0 Å². The van der Waals surface area contributed by atoms with Crippen LogP contribution in [0, 0.1) is 0 Å². The van der Waals surface area contributed by atoms with Crippen molar-refractivity contribution < 1.29 is 24.9 Å². The van der Waals surface area contributed by atoms with E-state index >= 15 is 0 Å². The van der Waals surface area contributed by atoms with Crippen molar-refractivity contribution in [2.45, 2.75) is 6.92 Å². The SMILES string of the molecule is CC(=O)NCCNC(=O)c1cc(O)c(O)c(O)c1. The summed E-state index contributed by atoms with van der Waals surface area (Å²) in [7, 11) is 0. The van der Waals surface area contributed by atoms with E-state index in [2.05, 4.69) is 10.6 Å². The van der Waals surface area contributed by atoms with E-state index in [1.807, 2.05) is 0 Å². The van der Waals surface area contributed by atoms with Gasteiger partial charge in [-0.1, -0.05) is 0 Å². The molecule has 0 aliphatic heterocycles. The molecule has 0 atom stereocenters. The molecule has 0 saturated heterocycles. The van der Waals surface area contributed by atoms with Crippen molar-refractivity contribution in [1.29, 1.82) is 0 Å². The number of nitrogens with one attached hydrogen (secondary N) is 2. The van der Waals surface area contributed by atoms with E-state index in [1.165, 1.54) is 6.92 Å². The third-order valence-electron chi connectivity index (χ3n) is 2.12. The van der Waals surface area contributed by atoms with Gasteiger partial charge < -0.3 is 26.0 Å². The van der Waals surface area contributed by atoms with Crippen LogP contribution >= 0.6 is 0 Å². The largest absolute Gasteiger partial charge is 0.504 e. The number of amides is 2. The molecule has 1 rings (SSSR count). The van der Waals surface area contributed by atoms with E-state index in [-0.39, 0.29) is 24.6 Å². The van der Waals surface area contributed by atoms with Crippen LogP contribution in [0.4, 0.5) is 0 Å². The molecule has 0 fully saturated rings. The summed E-state index contributed by atoms with van der Waals surface area (Å²) in [5.41, 5.74) is 0.00521. The number of carbonyl (C=O) groups excluding carboxylic acids is 2. The van der Waals surface area contributed by atoms with Crippen LogP contribution in [0.3, 0.4) is 0 Å². The molecule has 98 valence electrons. The minimum absolute atomic E-state index is 0.00521. The highest BCUT2D eigenvalue weighted by Crippen LogP contribution is 2.35. The molecule has 0 heterocycles. The average Bonchev–Trinajstić information content (AvgIpc) is 2.30. The Bertz CT molecular complexity index is 449. The van der Waals surface area contributed by atoms with Gasteiger partial charge in [0.1, 0.15) is 0 Å². The molecule has 1 aromatic carbocycles. The standard InChI is InChI=1S/C11H14N2O5/c1-6(14)12-2-3-13-11(18)7-4-8(15)10(17)9(16)5-7/h4-5,15-17H,2-3H2,1H3,(H,12,14)(H,13,18). The summed E-state index contributed by atoms with van der Waals surface area (Å²) in [5, 5.41) is 32.5. The Morgan fingerprint density at radius 3 is 2.06 bits per heavy atom. The maximum absolute atomic E-state index is 11.6. The molecule has 18 heavy (non-hydrogen) atoms. The minimum atomic E-state index is -0.676. The van der Waals surface area contributed by atoms with Crippen LogP contribution in [-0.4, -0.2) is 40.2 Å². The van der Waals surface area contributed by atoms with Crippen molar-refractivity contribution in [3.8, 4) is 17.2 Å². The van der Waals surface area contributed by atoms with Crippen molar-refractivity contribution in [1.82, 2.24) is 10.6 Å². The van der Waals surface area contributed by atoms with Gasteiger partial charge in [-0.05, 0) is 12.1 Å². The highest BCUT2D eigenvalue weighted by Gasteiger charge is 2.12. The van der Waals surface area contributed by atoms with E-state index in [4.69, 9.17) is 5.11 Å². The maximum Gasteiger partial charge on any atom is 0.251 e. The normalized spacial score (nSPS) is 9.83. The van der Waals surface area contributed by atoms with E-state index in [0.29, 0.717) is 0 Å². The van der Waals surface area contributed by atoms with Gasteiger partial charge in [-0.15, -0.1) is 0 Å². The first kappa shape index (κ1) is 13.6. The van der Waals surface area contributed by atoms with Gasteiger partial charge in [0.15, 0.2) is 17.2 Å². The zero-order chi connectivity index (χ0) is 13.7. The Morgan fingerprint density at radius 1 is 1.06 bits per heavy atom. The van der Waals surface area contributed by atoms with Crippen LogP contribution in [0.25, 0.3) is 0 Å². The second-order valence-corrected chi connectivity index (χ2v) is 3.60. The van der Waals surface area contributed by atoms with Crippen LogP contribution < -0.4 is 10.6 Å². The third-order valence-corrected chi connectivity index (χ3v) is 2.12. The molecule has 7 heteroatoms. The van der Waals surface area contributed by atoms with Gasteiger partial charge in [0.05, 0.1) is 0 Å². The van der Waals surface area contributed by atoms with E-state index < -0.39 is 23.2 Å². The second-order valence-electron chi connectivity index (χ2n) is 3.60. The predicted octanol–water partition coefficient (Wildman–Crippen LogP) is -0.331. The molecule has 0 radical (unpaired) electrons. The number of benzene rings is 1. The molecule has 7 nitrogen and oxygen atoms in total. The number of rotatable bonds is 4. The Hall–Kier alpha value is -2.44. The van der Waals surface area contributed by atoms with E-state index in [1.54, 1.807) is 0 Å². The van der Waals surface area contributed by atoms with Gasteiger partial charge in [0, 0.05) is 25.6 Å². The molecule has 1 aromatic rings. The lowest BCUT2D eigenvalue weighted by Gasteiger charge is -2.07. The van der Waals surface area contributed by atoms with Crippen LogP contribution in [0.5, 0.6) is 17.2 Å². The Kier molecular flexibility index (Phi) is 4.36. The summed E-state index contributed by atoms with van der Waals surface area (Å²) < 4.78 is 0. The first-order valence-electron chi connectivity index (χ1n) is 5.19. The fourth-order valence-electron chi connectivity index (χ4n) is 1.25. The number of hydrogen-bond acceptors (Lipinski definition) is 5. The van der Waals surface area contributed by atoms with Crippen molar-refractivity contribution in [3.05, 3.63) is 17.7 Å². The van der Waals surface area contributed by atoms with Crippen LogP contribution in [0.15, 0.2) is 12.1 Å². The lowest BCUT2D eigenvalue weighted by Crippen LogP contribution is -2.33. The molecule has 0 saturated carbocycles. The average molecular weight is 254 g/mol. The molecule has 0 aliphatic carbocycles. The fourth-order valence-corrected chi connectivity index (χ4v) is 1.25. The summed E-state index contributed by atoms with van der Waals surface area (Å²) in [5.74, 6) is -2.58. The number of phenols is 3. The fraction of sp³-hybridized carbons (Fsp3) is 0.273. The molecular weight excluding hydrogens is 240 g/mol. The van der Waals surface area contributed by atoms with Crippen molar-refractivity contribution >= 4 is 11.8 Å². The summed E-state index contributed by atoms with van der Waals surface area (Å²) in [6.07, 6.45) is 0. The van der Waals surface area contributed by atoms with E-state index in [9.17, 15) is 19.8 Å². The molecular formula is C11H14N2O5. The first-order chi connectivity index (χ1) is 8.41. The Morgan fingerprint density at radius 2 is 1.56 bits per heavy atom. The number of hydrogen-bond donors (Lipinski definition) is 5. The highest BCUT2D eigenvalue weighted by atomic mass is 16.3. The molecule has 0 spiro atoms. The quantitative estimate of drug-likeness (QED) is 0.372. The topological polar surface area (TPSA) is 119 Å². The zero-order valence-corrected chi connectivity index (χ0v) is 9.73. The smallest absolute Gasteiger partial charge is 0.251 e. The molecule has 0 aliphatic rings. The summed E-state index contributed by atoms with van der Waals surface area (Å²) in [4.78, 5) is 22.1. The van der Waals surface area contributed by atoms with Crippen molar-refractivity contribution in [2.75, 3.05) is 13.1 Å². The number of carbonyl (C=O) groups is 2. The summed E-state index contributed by atoms with van der Waals surface area (Å²) in [6, 6.07) is 2.06. The van der Waals surface area contributed by atoms with Gasteiger partial charge >= 0.3 is 0 Å². The van der Waals surface area contributed by atoms with Crippen molar-refractivity contribution in [2.24, 2.45) is 0 Å². The lowest BCUT2D eigenvalue weighted by atomic mass is 10.1. The summed E-state index contributed by atoms with van der Waals surface area (Å²) in [6.45, 7) is 1.84. The molecule has 0 bridgehead atoms. The van der Waals surface area contributed by atoms with Gasteiger partial charge in [-0.2, -0.15) is 0 Å². The third kappa shape index (κ3) is 3.55. The monoisotopic (exact) mass is 254 g/mol.